The monoisotopic (exact) mass is 142 g/mol. The van der Waals surface area contributed by atoms with Crippen molar-refractivity contribution in [3.63, 3.8) is 0 Å². The predicted octanol–water partition coefficient (Wildman–Crippen LogP) is -0.126. The van der Waals surface area contributed by atoms with Gasteiger partial charge in [-0.2, -0.15) is 0 Å². The summed E-state index contributed by atoms with van der Waals surface area (Å²) in [4.78, 5) is 10.8. The van der Waals surface area contributed by atoms with Crippen LogP contribution in [0.15, 0.2) is 0 Å². The fourth-order valence-corrected chi connectivity index (χ4v) is 0.985. The molecule has 1 amide bonds. The van der Waals surface area contributed by atoms with Crippen LogP contribution in [0, 0.1) is 0 Å². The topological polar surface area (TPSA) is 41.1 Å². The number of hydrogen-bond acceptors (Lipinski definition) is 2. The molecule has 0 aromatic heterocycles. The summed E-state index contributed by atoms with van der Waals surface area (Å²) in [6.45, 7) is 5.68. The largest absolute Gasteiger partial charge is 0.354 e. The van der Waals surface area contributed by atoms with E-state index in [1.54, 1.807) is 0 Å². The number of hydrogen-bond donors (Lipinski definition) is 2. The molecule has 0 aliphatic carbocycles. The third-order valence-electron chi connectivity index (χ3n) is 1.68. The first-order valence-corrected chi connectivity index (χ1v) is 3.62. The van der Waals surface area contributed by atoms with Crippen LogP contribution in [0.3, 0.4) is 0 Å². The standard InChI is InChI=1S/C7H14N2O/c1-7(2)5-8-6(10)3-4-9-7/h9H,3-5H2,1-2H3,(H,8,10). The van der Waals surface area contributed by atoms with Gasteiger partial charge in [0.15, 0.2) is 0 Å². The molecule has 0 spiro atoms. The number of rotatable bonds is 0. The molecule has 1 saturated heterocycles. The molecule has 0 atom stereocenters. The van der Waals surface area contributed by atoms with Gasteiger partial charge in [-0.05, 0) is 13.8 Å². The summed E-state index contributed by atoms with van der Waals surface area (Å²) in [5, 5.41) is 6.10. The van der Waals surface area contributed by atoms with Crippen LogP contribution in [0.2, 0.25) is 0 Å². The van der Waals surface area contributed by atoms with E-state index in [9.17, 15) is 4.79 Å². The summed E-state index contributed by atoms with van der Waals surface area (Å²) in [5.74, 6) is 0.151. The zero-order valence-corrected chi connectivity index (χ0v) is 6.53. The van der Waals surface area contributed by atoms with Gasteiger partial charge in [0.25, 0.3) is 0 Å². The van der Waals surface area contributed by atoms with E-state index < -0.39 is 0 Å². The fraction of sp³-hybridized carbons (Fsp3) is 0.857. The van der Waals surface area contributed by atoms with Gasteiger partial charge < -0.3 is 10.6 Å². The Balaban J connectivity index is 2.48. The molecule has 1 aliphatic rings. The van der Waals surface area contributed by atoms with Gasteiger partial charge >= 0.3 is 0 Å². The molecule has 0 bridgehead atoms. The van der Waals surface area contributed by atoms with Crippen molar-refractivity contribution in [2.75, 3.05) is 13.1 Å². The van der Waals surface area contributed by atoms with Crippen molar-refractivity contribution in [2.24, 2.45) is 0 Å². The van der Waals surface area contributed by atoms with Crippen LogP contribution in [-0.4, -0.2) is 24.5 Å². The maximum atomic E-state index is 10.8. The molecule has 58 valence electrons. The van der Waals surface area contributed by atoms with Gasteiger partial charge in [0.1, 0.15) is 0 Å². The highest BCUT2D eigenvalue weighted by atomic mass is 16.1. The first kappa shape index (κ1) is 7.54. The van der Waals surface area contributed by atoms with Crippen LogP contribution < -0.4 is 10.6 Å². The van der Waals surface area contributed by atoms with E-state index >= 15 is 0 Å². The minimum absolute atomic E-state index is 0.0617. The van der Waals surface area contributed by atoms with Crippen molar-refractivity contribution in [3.8, 4) is 0 Å². The third-order valence-corrected chi connectivity index (χ3v) is 1.68. The van der Waals surface area contributed by atoms with Gasteiger partial charge in [0, 0.05) is 25.0 Å². The summed E-state index contributed by atoms with van der Waals surface area (Å²) >= 11 is 0. The summed E-state index contributed by atoms with van der Waals surface area (Å²) < 4.78 is 0. The normalized spacial score (nSPS) is 25.2. The molecule has 0 radical (unpaired) electrons. The minimum atomic E-state index is 0.0617. The smallest absolute Gasteiger partial charge is 0.221 e. The van der Waals surface area contributed by atoms with Gasteiger partial charge in [-0.25, -0.2) is 0 Å². The second-order valence-corrected chi connectivity index (χ2v) is 3.34. The zero-order chi connectivity index (χ0) is 7.61. The van der Waals surface area contributed by atoms with E-state index in [0.29, 0.717) is 6.42 Å². The first-order valence-electron chi connectivity index (χ1n) is 3.62. The number of carbonyl (C=O) groups is 1. The highest BCUT2D eigenvalue weighted by Crippen LogP contribution is 2.02. The molecule has 2 N–H and O–H groups in total. The van der Waals surface area contributed by atoms with Crippen LogP contribution in [-0.2, 0) is 4.79 Å². The molecular weight excluding hydrogens is 128 g/mol. The molecule has 1 rings (SSSR count). The van der Waals surface area contributed by atoms with Crippen LogP contribution in [0.4, 0.5) is 0 Å². The van der Waals surface area contributed by atoms with E-state index in [4.69, 9.17) is 0 Å². The average molecular weight is 142 g/mol. The van der Waals surface area contributed by atoms with Crippen LogP contribution in [0.25, 0.3) is 0 Å². The molecule has 3 nitrogen and oxygen atoms in total. The molecule has 0 unspecified atom stereocenters. The molecule has 3 heteroatoms. The maximum Gasteiger partial charge on any atom is 0.221 e. The second-order valence-electron chi connectivity index (χ2n) is 3.34. The molecule has 0 aromatic carbocycles. The minimum Gasteiger partial charge on any atom is -0.354 e. The number of nitrogens with one attached hydrogen (secondary N) is 2. The van der Waals surface area contributed by atoms with E-state index in [1.165, 1.54) is 0 Å². The lowest BCUT2D eigenvalue weighted by molar-refractivity contribution is -0.120. The van der Waals surface area contributed by atoms with Crippen LogP contribution in [0.1, 0.15) is 20.3 Å². The fourth-order valence-electron chi connectivity index (χ4n) is 0.985. The summed E-state index contributed by atoms with van der Waals surface area (Å²) in [5.41, 5.74) is 0.0617. The van der Waals surface area contributed by atoms with Crippen molar-refractivity contribution in [3.05, 3.63) is 0 Å². The lowest BCUT2D eigenvalue weighted by Crippen LogP contribution is -2.45. The van der Waals surface area contributed by atoms with Crippen molar-refractivity contribution < 1.29 is 4.79 Å². The molecule has 0 aromatic rings. The highest BCUT2D eigenvalue weighted by molar-refractivity contribution is 5.76. The van der Waals surface area contributed by atoms with Crippen LogP contribution in [0.5, 0.6) is 0 Å². The van der Waals surface area contributed by atoms with Gasteiger partial charge in [-0.1, -0.05) is 0 Å². The Morgan fingerprint density at radius 1 is 1.50 bits per heavy atom. The predicted molar refractivity (Wildman–Crippen MR) is 39.7 cm³/mol. The Morgan fingerprint density at radius 3 is 2.90 bits per heavy atom. The van der Waals surface area contributed by atoms with Crippen molar-refractivity contribution >= 4 is 5.91 Å². The average Bonchev–Trinajstić information content (AvgIpc) is 1.94. The van der Waals surface area contributed by atoms with Crippen molar-refractivity contribution in [1.82, 2.24) is 10.6 Å². The van der Waals surface area contributed by atoms with Gasteiger partial charge in [0.2, 0.25) is 5.91 Å². The summed E-state index contributed by atoms with van der Waals surface area (Å²) in [6.07, 6.45) is 0.601. The molecule has 1 heterocycles. The maximum absolute atomic E-state index is 10.8. The first-order chi connectivity index (χ1) is 4.60. The van der Waals surface area contributed by atoms with E-state index in [2.05, 4.69) is 24.5 Å². The van der Waals surface area contributed by atoms with Crippen LogP contribution >= 0.6 is 0 Å². The molecule has 0 saturated carbocycles. The van der Waals surface area contributed by atoms with Gasteiger partial charge in [0.05, 0.1) is 0 Å². The van der Waals surface area contributed by atoms with Gasteiger partial charge in [-0.15, -0.1) is 0 Å². The molecular formula is C7H14N2O. The lowest BCUT2D eigenvalue weighted by Gasteiger charge is -2.22. The molecule has 1 aliphatic heterocycles. The SMILES string of the molecule is CC1(C)CNC(=O)CCN1. The Hall–Kier alpha value is -0.570. The van der Waals surface area contributed by atoms with Crippen molar-refractivity contribution in [1.29, 1.82) is 0 Å². The summed E-state index contributed by atoms with van der Waals surface area (Å²) in [7, 11) is 0. The lowest BCUT2D eigenvalue weighted by atomic mass is 10.1. The molecule has 10 heavy (non-hydrogen) atoms. The quantitative estimate of drug-likeness (QED) is 0.495. The zero-order valence-electron chi connectivity index (χ0n) is 6.53. The Labute approximate surface area is 61.2 Å². The highest BCUT2D eigenvalue weighted by Gasteiger charge is 2.20. The van der Waals surface area contributed by atoms with E-state index in [0.717, 1.165) is 13.1 Å². The number of carbonyl (C=O) groups excluding carboxylic acids is 1. The van der Waals surface area contributed by atoms with Gasteiger partial charge in [-0.3, -0.25) is 4.79 Å². The molecule has 1 fully saturated rings. The Kier molecular flexibility index (Phi) is 1.94. The third kappa shape index (κ3) is 1.99. The van der Waals surface area contributed by atoms with Crippen molar-refractivity contribution in [2.45, 2.75) is 25.8 Å². The second kappa shape index (κ2) is 2.58. The number of amides is 1. The summed E-state index contributed by atoms with van der Waals surface area (Å²) in [6, 6.07) is 0. The Bertz CT molecular complexity index is 143. The van der Waals surface area contributed by atoms with E-state index in [1.807, 2.05) is 0 Å². The Morgan fingerprint density at radius 2 is 2.20 bits per heavy atom. The van der Waals surface area contributed by atoms with E-state index in [-0.39, 0.29) is 11.4 Å².